The molecule has 0 fully saturated rings. The molecule has 174 valence electrons. The lowest BCUT2D eigenvalue weighted by Gasteiger charge is -2.14. The molecule has 0 saturated heterocycles. The normalized spacial score (nSPS) is 13.2. The molecule has 3 aromatic rings. The van der Waals surface area contributed by atoms with Gasteiger partial charge in [0.1, 0.15) is 11.6 Å². The quantitative estimate of drug-likeness (QED) is 0.490. The van der Waals surface area contributed by atoms with Crippen molar-refractivity contribution < 1.29 is 18.7 Å². The first-order chi connectivity index (χ1) is 16.0. The van der Waals surface area contributed by atoms with Crippen molar-refractivity contribution in [3.63, 3.8) is 0 Å². The van der Waals surface area contributed by atoms with Crippen LogP contribution in [-0.4, -0.2) is 34.4 Å². The minimum Gasteiger partial charge on any atom is -0.493 e. The number of ether oxygens (including phenoxy) is 2. The number of amides is 1. The molecule has 0 spiro atoms. The molecule has 4 rings (SSSR count). The van der Waals surface area contributed by atoms with Gasteiger partial charge < -0.3 is 19.4 Å². The maximum Gasteiger partial charge on any atom is 0.255 e. The Morgan fingerprint density at radius 1 is 1.21 bits per heavy atom. The fourth-order valence-corrected chi connectivity index (χ4v) is 4.11. The van der Waals surface area contributed by atoms with E-state index in [1.54, 1.807) is 12.1 Å². The molecule has 0 saturated carbocycles. The maximum atomic E-state index is 14.6. The van der Waals surface area contributed by atoms with Gasteiger partial charge in [0.15, 0.2) is 17.3 Å². The van der Waals surface area contributed by atoms with Crippen molar-refractivity contribution in [3.8, 4) is 22.9 Å². The van der Waals surface area contributed by atoms with Gasteiger partial charge in [-0.3, -0.25) is 4.79 Å². The molecule has 7 nitrogen and oxygen atoms in total. The van der Waals surface area contributed by atoms with Crippen molar-refractivity contribution in [2.24, 2.45) is 0 Å². The second-order valence-corrected chi connectivity index (χ2v) is 8.30. The van der Waals surface area contributed by atoms with Gasteiger partial charge >= 0.3 is 0 Å². The van der Waals surface area contributed by atoms with Crippen LogP contribution >= 0.6 is 11.6 Å². The minimum absolute atomic E-state index is 0.0462. The summed E-state index contributed by atoms with van der Waals surface area (Å²) in [6.07, 6.45) is 4.94. The third-order valence-electron chi connectivity index (χ3n) is 5.52. The van der Waals surface area contributed by atoms with E-state index < -0.39 is 11.7 Å². The zero-order valence-corrected chi connectivity index (χ0v) is 19.4. The lowest BCUT2D eigenvalue weighted by Crippen LogP contribution is -2.14. The Morgan fingerprint density at radius 2 is 2.06 bits per heavy atom. The van der Waals surface area contributed by atoms with Crippen LogP contribution in [0.2, 0.25) is 5.02 Å². The summed E-state index contributed by atoms with van der Waals surface area (Å²) in [6.45, 7) is 3.26. The molecule has 1 aliphatic heterocycles. The average Bonchev–Trinajstić information content (AvgIpc) is 3.07. The lowest BCUT2D eigenvalue weighted by molar-refractivity contribution is 0.102. The number of aryl methyl sites for hydroxylation is 1. The van der Waals surface area contributed by atoms with Crippen molar-refractivity contribution >= 4 is 23.2 Å². The number of anilines is 1. The van der Waals surface area contributed by atoms with E-state index in [0.29, 0.717) is 29.5 Å². The standard InChI is InChI=1S/C24H26ClFN4O3/c1-3-11-33-22-17(25)12-16(14-20(22)32-2)24(31)27-19-13-15(8-9-18(19)26)23-29-28-21-7-5-4-6-10-30(21)23/h8-9,12-14H,3-7,10-11H2,1-2H3,(H,27,31). The van der Waals surface area contributed by atoms with E-state index in [1.165, 1.54) is 25.3 Å². The van der Waals surface area contributed by atoms with Gasteiger partial charge in [0.05, 0.1) is 24.4 Å². The highest BCUT2D eigenvalue weighted by atomic mass is 35.5. The van der Waals surface area contributed by atoms with Gasteiger partial charge in [-0.1, -0.05) is 24.9 Å². The molecule has 1 amide bonds. The molecule has 0 bridgehead atoms. The predicted molar refractivity (Wildman–Crippen MR) is 125 cm³/mol. The Kier molecular flexibility index (Phi) is 7.13. The Balaban J connectivity index is 1.61. The van der Waals surface area contributed by atoms with Gasteiger partial charge in [-0.15, -0.1) is 10.2 Å². The molecule has 0 aliphatic carbocycles. The number of benzene rings is 2. The van der Waals surface area contributed by atoms with Crippen molar-refractivity contribution in [1.82, 2.24) is 14.8 Å². The zero-order valence-electron chi connectivity index (χ0n) is 18.7. The van der Waals surface area contributed by atoms with Gasteiger partial charge in [0.2, 0.25) is 0 Å². The summed E-state index contributed by atoms with van der Waals surface area (Å²) in [5, 5.41) is 11.5. The molecule has 2 aromatic carbocycles. The van der Waals surface area contributed by atoms with Crippen LogP contribution in [0.1, 0.15) is 48.8 Å². The smallest absolute Gasteiger partial charge is 0.255 e. The highest BCUT2D eigenvalue weighted by Gasteiger charge is 2.20. The Morgan fingerprint density at radius 3 is 2.85 bits per heavy atom. The van der Waals surface area contributed by atoms with Gasteiger partial charge in [0.25, 0.3) is 5.91 Å². The van der Waals surface area contributed by atoms with E-state index in [-0.39, 0.29) is 16.3 Å². The number of halogens is 2. The number of rotatable bonds is 7. The van der Waals surface area contributed by atoms with E-state index >= 15 is 0 Å². The van der Waals surface area contributed by atoms with E-state index in [1.807, 2.05) is 6.92 Å². The fraction of sp³-hybridized carbons (Fsp3) is 0.375. The summed E-state index contributed by atoms with van der Waals surface area (Å²) < 4.78 is 27.6. The molecular weight excluding hydrogens is 447 g/mol. The Bertz CT molecular complexity index is 1160. The van der Waals surface area contributed by atoms with Gasteiger partial charge in [0, 0.05) is 24.1 Å². The van der Waals surface area contributed by atoms with Crippen LogP contribution in [0.15, 0.2) is 30.3 Å². The van der Waals surface area contributed by atoms with Crippen LogP contribution in [0.25, 0.3) is 11.4 Å². The van der Waals surface area contributed by atoms with E-state index in [2.05, 4.69) is 20.1 Å². The molecule has 0 radical (unpaired) electrons. The summed E-state index contributed by atoms with van der Waals surface area (Å²) in [6, 6.07) is 7.54. The molecule has 9 heteroatoms. The Labute approximate surface area is 196 Å². The van der Waals surface area contributed by atoms with Crippen LogP contribution in [0.3, 0.4) is 0 Å². The SMILES string of the molecule is CCCOc1c(Cl)cc(C(=O)Nc2cc(-c3nnc4n3CCCCC4)ccc2F)cc1OC. The largest absolute Gasteiger partial charge is 0.493 e. The summed E-state index contributed by atoms with van der Waals surface area (Å²) in [5.74, 6) is 1.24. The third kappa shape index (κ3) is 4.95. The van der Waals surface area contributed by atoms with Crippen LogP contribution in [0.4, 0.5) is 10.1 Å². The van der Waals surface area contributed by atoms with Gasteiger partial charge in [-0.05, 0) is 49.6 Å². The van der Waals surface area contributed by atoms with Crippen LogP contribution in [-0.2, 0) is 13.0 Å². The molecule has 1 aliphatic rings. The molecule has 2 heterocycles. The molecule has 0 atom stereocenters. The van der Waals surface area contributed by atoms with Crippen molar-refractivity contribution in [1.29, 1.82) is 0 Å². The summed E-state index contributed by atoms with van der Waals surface area (Å²) in [7, 11) is 1.47. The first-order valence-electron chi connectivity index (χ1n) is 11.1. The van der Waals surface area contributed by atoms with Crippen molar-refractivity contribution in [2.45, 2.75) is 45.6 Å². The van der Waals surface area contributed by atoms with E-state index in [0.717, 1.165) is 44.5 Å². The summed E-state index contributed by atoms with van der Waals surface area (Å²) in [4.78, 5) is 12.9. The van der Waals surface area contributed by atoms with Crippen molar-refractivity contribution in [3.05, 3.63) is 52.6 Å². The number of hydrogen-bond donors (Lipinski definition) is 1. The van der Waals surface area contributed by atoms with E-state index in [4.69, 9.17) is 21.1 Å². The number of fused-ring (bicyclic) bond motifs is 1. The van der Waals surface area contributed by atoms with Crippen LogP contribution in [0.5, 0.6) is 11.5 Å². The second kappa shape index (κ2) is 10.2. The molecule has 33 heavy (non-hydrogen) atoms. The molecule has 1 aromatic heterocycles. The highest BCUT2D eigenvalue weighted by Crippen LogP contribution is 2.37. The zero-order chi connectivity index (χ0) is 23.4. The number of nitrogens with zero attached hydrogens (tertiary/aromatic N) is 3. The monoisotopic (exact) mass is 472 g/mol. The number of carbonyl (C=O) groups is 1. The first-order valence-corrected chi connectivity index (χ1v) is 11.4. The number of carbonyl (C=O) groups excluding carboxylic acids is 1. The van der Waals surface area contributed by atoms with Gasteiger partial charge in [-0.2, -0.15) is 0 Å². The number of hydrogen-bond acceptors (Lipinski definition) is 5. The molecule has 1 N–H and O–H groups in total. The minimum atomic E-state index is -0.552. The van der Waals surface area contributed by atoms with Crippen LogP contribution in [0, 0.1) is 5.82 Å². The fourth-order valence-electron chi connectivity index (χ4n) is 3.85. The third-order valence-corrected chi connectivity index (χ3v) is 5.81. The lowest BCUT2D eigenvalue weighted by atomic mass is 10.1. The maximum absolute atomic E-state index is 14.6. The predicted octanol–water partition coefficient (Wildman–Crippen LogP) is 5.51. The number of aromatic nitrogens is 3. The van der Waals surface area contributed by atoms with Gasteiger partial charge in [-0.25, -0.2) is 4.39 Å². The average molecular weight is 473 g/mol. The van der Waals surface area contributed by atoms with Crippen molar-refractivity contribution in [2.75, 3.05) is 19.0 Å². The number of nitrogens with one attached hydrogen (secondary N) is 1. The Hall–Kier alpha value is -3.13. The summed E-state index contributed by atoms with van der Waals surface area (Å²) >= 11 is 6.32. The van der Waals surface area contributed by atoms with E-state index in [9.17, 15) is 9.18 Å². The topological polar surface area (TPSA) is 78.3 Å². The second-order valence-electron chi connectivity index (χ2n) is 7.89. The summed E-state index contributed by atoms with van der Waals surface area (Å²) in [5.41, 5.74) is 0.956. The first kappa shape index (κ1) is 23.0. The highest BCUT2D eigenvalue weighted by molar-refractivity contribution is 6.32. The van der Waals surface area contributed by atoms with Crippen LogP contribution < -0.4 is 14.8 Å². The molecule has 0 unspecified atom stereocenters. The molecular formula is C24H26ClFN4O3. The number of methoxy groups -OCH3 is 1.